The van der Waals surface area contributed by atoms with E-state index in [1.807, 2.05) is 48.5 Å². The van der Waals surface area contributed by atoms with E-state index >= 15 is 0 Å². The molecule has 0 saturated carbocycles. The van der Waals surface area contributed by atoms with Crippen LogP contribution >= 0.6 is 27.3 Å². The Hall–Kier alpha value is -2.77. The third-order valence-electron chi connectivity index (χ3n) is 3.64. The third-order valence-corrected chi connectivity index (χ3v) is 5.07. The van der Waals surface area contributed by atoms with Crippen LogP contribution in [0.3, 0.4) is 0 Å². The number of nitrogens with one attached hydrogen (secondary N) is 1. The second kappa shape index (κ2) is 7.23. The van der Waals surface area contributed by atoms with Crippen molar-refractivity contribution in [3.05, 3.63) is 81.3 Å². The SMILES string of the molecule is O=c1oc2ccc(Br)cc2cc1-c1cnc(NN=Cc2ccccc2)s1. The molecule has 128 valence electrons. The highest BCUT2D eigenvalue weighted by Crippen LogP contribution is 2.29. The molecule has 0 aliphatic carbocycles. The predicted molar refractivity (Wildman–Crippen MR) is 109 cm³/mol. The number of hydrazone groups is 1. The Bertz CT molecular complexity index is 1150. The number of hydrogen-bond acceptors (Lipinski definition) is 6. The molecule has 0 radical (unpaired) electrons. The number of halogens is 1. The number of fused-ring (bicyclic) bond motifs is 1. The molecule has 0 atom stereocenters. The van der Waals surface area contributed by atoms with Gasteiger partial charge in [-0.25, -0.2) is 9.78 Å². The summed E-state index contributed by atoms with van der Waals surface area (Å²) >= 11 is 4.77. The maximum Gasteiger partial charge on any atom is 0.345 e. The van der Waals surface area contributed by atoms with Crippen molar-refractivity contribution in [2.45, 2.75) is 0 Å². The van der Waals surface area contributed by atoms with Gasteiger partial charge in [0.15, 0.2) is 0 Å². The van der Waals surface area contributed by atoms with Gasteiger partial charge < -0.3 is 4.42 Å². The van der Waals surface area contributed by atoms with E-state index in [4.69, 9.17) is 4.42 Å². The molecule has 0 aliphatic heterocycles. The minimum absolute atomic E-state index is 0.386. The molecule has 1 N–H and O–H groups in total. The van der Waals surface area contributed by atoms with Gasteiger partial charge in [0, 0.05) is 16.1 Å². The molecule has 0 bridgehead atoms. The number of nitrogens with zero attached hydrogens (tertiary/aromatic N) is 2. The van der Waals surface area contributed by atoms with Gasteiger partial charge in [0.25, 0.3) is 0 Å². The van der Waals surface area contributed by atoms with Crippen molar-refractivity contribution in [2.24, 2.45) is 5.10 Å². The van der Waals surface area contributed by atoms with Gasteiger partial charge in [-0.3, -0.25) is 5.43 Å². The Morgan fingerprint density at radius 2 is 2.00 bits per heavy atom. The van der Waals surface area contributed by atoms with Crippen LogP contribution < -0.4 is 11.1 Å². The van der Waals surface area contributed by atoms with E-state index < -0.39 is 0 Å². The average Bonchev–Trinajstić information content (AvgIpc) is 3.11. The number of rotatable bonds is 4. The van der Waals surface area contributed by atoms with Gasteiger partial charge >= 0.3 is 5.63 Å². The molecule has 7 heteroatoms. The minimum Gasteiger partial charge on any atom is -0.422 e. The normalized spacial score (nSPS) is 11.3. The lowest BCUT2D eigenvalue weighted by atomic mass is 10.2. The van der Waals surface area contributed by atoms with Gasteiger partial charge in [0.05, 0.1) is 16.7 Å². The second-order valence-corrected chi connectivity index (χ2v) is 7.39. The molecule has 0 spiro atoms. The molecule has 2 heterocycles. The first-order valence-electron chi connectivity index (χ1n) is 7.73. The van der Waals surface area contributed by atoms with E-state index in [9.17, 15) is 4.79 Å². The van der Waals surface area contributed by atoms with Crippen molar-refractivity contribution >= 4 is 49.6 Å². The smallest absolute Gasteiger partial charge is 0.345 e. The zero-order chi connectivity index (χ0) is 17.9. The Labute approximate surface area is 161 Å². The van der Waals surface area contributed by atoms with Gasteiger partial charge in [-0.15, -0.1) is 0 Å². The number of anilines is 1. The van der Waals surface area contributed by atoms with Crippen LogP contribution in [0.4, 0.5) is 5.13 Å². The molecule has 0 unspecified atom stereocenters. The monoisotopic (exact) mass is 425 g/mol. The number of aromatic nitrogens is 1. The summed E-state index contributed by atoms with van der Waals surface area (Å²) in [5, 5.41) is 5.61. The summed E-state index contributed by atoms with van der Waals surface area (Å²) < 4.78 is 6.33. The zero-order valence-corrected chi connectivity index (χ0v) is 15.8. The highest BCUT2D eigenvalue weighted by molar-refractivity contribution is 9.10. The van der Waals surface area contributed by atoms with Crippen molar-refractivity contribution in [1.82, 2.24) is 4.98 Å². The zero-order valence-electron chi connectivity index (χ0n) is 13.3. The molecule has 4 rings (SSSR count). The Kier molecular flexibility index (Phi) is 4.64. The van der Waals surface area contributed by atoms with Crippen molar-refractivity contribution in [3.8, 4) is 10.4 Å². The van der Waals surface area contributed by atoms with E-state index in [0.29, 0.717) is 16.3 Å². The molecule has 0 fully saturated rings. The molecule has 0 saturated heterocycles. The Morgan fingerprint density at radius 3 is 2.85 bits per heavy atom. The molecule has 2 aromatic carbocycles. The van der Waals surface area contributed by atoms with Gasteiger partial charge in [-0.05, 0) is 29.8 Å². The van der Waals surface area contributed by atoms with Crippen molar-refractivity contribution in [2.75, 3.05) is 5.43 Å². The van der Waals surface area contributed by atoms with Crippen LogP contribution in [0.1, 0.15) is 5.56 Å². The van der Waals surface area contributed by atoms with Crippen LogP contribution in [0, 0.1) is 0 Å². The topological polar surface area (TPSA) is 67.5 Å². The predicted octanol–water partition coefficient (Wildman–Crippen LogP) is 5.13. The van der Waals surface area contributed by atoms with Crippen LogP contribution in [-0.4, -0.2) is 11.2 Å². The maximum atomic E-state index is 12.3. The van der Waals surface area contributed by atoms with E-state index in [1.165, 1.54) is 11.3 Å². The standard InChI is InChI=1S/C19H12BrN3O2S/c20-14-6-7-16-13(8-14)9-15(18(24)25-16)17-11-21-19(26-17)23-22-10-12-4-2-1-3-5-12/h1-11H,(H,21,23). The molecule has 26 heavy (non-hydrogen) atoms. The van der Waals surface area contributed by atoms with Crippen molar-refractivity contribution in [3.63, 3.8) is 0 Å². The van der Waals surface area contributed by atoms with Gasteiger partial charge in [0.1, 0.15) is 5.58 Å². The van der Waals surface area contributed by atoms with Crippen LogP contribution in [0.5, 0.6) is 0 Å². The molecular formula is C19H12BrN3O2S. The van der Waals surface area contributed by atoms with Gasteiger partial charge in [0.2, 0.25) is 5.13 Å². The quantitative estimate of drug-likeness (QED) is 0.279. The van der Waals surface area contributed by atoms with Crippen LogP contribution in [0.25, 0.3) is 21.4 Å². The largest absolute Gasteiger partial charge is 0.422 e. The van der Waals surface area contributed by atoms with E-state index in [-0.39, 0.29) is 5.63 Å². The molecule has 2 aromatic heterocycles. The van der Waals surface area contributed by atoms with Gasteiger partial charge in [-0.1, -0.05) is 57.6 Å². The first kappa shape index (κ1) is 16.7. The van der Waals surface area contributed by atoms with Crippen LogP contribution in [-0.2, 0) is 0 Å². The number of hydrogen-bond donors (Lipinski definition) is 1. The summed E-state index contributed by atoms with van der Waals surface area (Å²) in [7, 11) is 0. The van der Waals surface area contributed by atoms with Crippen LogP contribution in [0.2, 0.25) is 0 Å². The summed E-state index contributed by atoms with van der Waals surface area (Å²) in [6.45, 7) is 0. The average molecular weight is 426 g/mol. The van der Waals surface area contributed by atoms with Crippen molar-refractivity contribution < 1.29 is 4.42 Å². The first-order valence-corrected chi connectivity index (χ1v) is 9.34. The molecule has 0 amide bonds. The third kappa shape index (κ3) is 3.58. The second-order valence-electron chi connectivity index (χ2n) is 5.44. The molecule has 0 aliphatic rings. The number of benzene rings is 2. The van der Waals surface area contributed by atoms with E-state index in [2.05, 4.69) is 31.4 Å². The van der Waals surface area contributed by atoms with E-state index in [1.54, 1.807) is 18.5 Å². The summed E-state index contributed by atoms with van der Waals surface area (Å²) in [5.41, 5.74) is 4.52. The maximum absolute atomic E-state index is 12.3. The summed E-state index contributed by atoms with van der Waals surface area (Å²) in [5.74, 6) is 0. The summed E-state index contributed by atoms with van der Waals surface area (Å²) in [4.78, 5) is 17.3. The highest BCUT2D eigenvalue weighted by atomic mass is 79.9. The van der Waals surface area contributed by atoms with Gasteiger partial charge in [-0.2, -0.15) is 5.10 Å². The Balaban J connectivity index is 1.59. The Morgan fingerprint density at radius 1 is 1.15 bits per heavy atom. The fourth-order valence-electron chi connectivity index (χ4n) is 2.42. The van der Waals surface area contributed by atoms with E-state index in [0.717, 1.165) is 20.3 Å². The van der Waals surface area contributed by atoms with Crippen molar-refractivity contribution in [1.29, 1.82) is 0 Å². The van der Waals surface area contributed by atoms with Crippen LogP contribution in [0.15, 0.2) is 79.6 Å². The fourth-order valence-corrected chi connectivity index (χ4v) is 3.57. The number of thiazole rings is 1. The lowest BCUT2D eigenvalue weighted by Gasteiger charge is -2.00. The lowest BCUT2D eigenvalue weighted by molar-refractivity contribution is 0.563. The summed E-state index contributed by atoms with van der Waals surface area (Å²) in [6.07, 6.45) is 3.35. The molecule has 4 aromatic rings. The first-order chi connectivity index (χ1) is 12.7. The minimum atomic E-state index is -0.386. The molecule has 5 nitrogen and oxygen atoms in total. The highest BCUT2D eigenvalue weighted by Gasteiger charge is 2.11. The summed E-state index contributed by atoms with van der Waals surface area (Å²) in [6, 6.07) is 17.1. The molecular weight excluding hydrogens is 414 g/mol. The fraction of sp³-hybridized carbons (Fsp3) is 0. The lowest BCUT2D eigenvalue weighted by Crippen LogP contribution is -2.01.